The van der Waals surface area contributed by atoms with Gasteiger partial charge in [0.2, 0.25) is 5.91 Å². The van der Waals surface area contributed by atoms with Crippen molar-refractivity contribution in [1.82, 2.24) is 20.2 Å². The minimum Gasteiger partial charge on any atom is -0.616 e. The van der Waals surface area contributed by atoms with Crippen LogP contribution in [-0.2, 0) is 22.1 Å². The molecule has 1 aliphatic carbocycles. The van der Waals surface area contributed by atoms with Gasteiger partial charge >= 0.3 is 6.18 Å². The van der Waals surface area contributed by atoms with E-state index in [-0.39, 0.29) is 35.6 Å². The molecular weight excluding hydrogens is 483 g/mol. The zero-order valence-corrected chi connectivity index (χ0v) is 20.2. The number of aliphatic hydroxyl groups excluding tert-OH is 1. The van der Waals surface area contributed by atoms with Crippen molar-refractivity contribution in [1.29, 1.82) is 0 Å². The van der Waals surface area contributed by atoms with E-state index in [1.54, 1.807) is 6.26 Å². The van der Waals surface area contributed by atoms with Crippen molar-refractivity contribution in [3.63, 3.8) is 0 Å². The number of rotatable bonds is 8. The summed E-state index contributed by atoms with van der Waals surface area (Å²) in [6.45, 7) is 1.38. The van der Waals surface area contributed by atoms with Crippen molar-refractivity contribution in [3.8, 4) is 0 Å². The Bertz CT molecular complexity index is 1030. The van der Waals surface area contributed by atoms with E-state index in [0.29, 0.717) is 17.3 Å². The van der Waals surface area contributed by atoms with Crippen LogP contribution in [0.15, 0.2) is 24.5 Å². The molecule has 0 bridgehead atoms. The highest BCUT2D eigenvalue weighted by Crippen LogP contribution is 2.33. The SMILES string of the molecule is C[S+]([O-])CC(O)[C@H]1CC[C@H](N2CC(NC(=O)CNc3ncnc4ccc(C(F)(F)F)cc34)C2)CC1. The first-order chi connectivity index (χ1) is 16.6. The first kappa shape index (κ1) is 25.9. The van der Waals surface area contributed by atoms with E-state index < -0.39 is 29.0 Å². The molecule has 2 heterocycles. The summed E-state index contributed by atoms with van der Waals surface area (Å²) in [4.78, 5) is 22.7. The number of halogens is 3. The zero-order valence-electron chi connectivity index (χ0n) is 19.4. The summed E-state index contributed by atoms with van der Waals surface area (Å²) in [6, 6.07) is 3.68. The lowest BCUT2D eigenvalue weighted by Crippen LogP contribution is -2.63. The smallest absolute Gasteiger partial charge is 0.416 e. The monoisotopic (exact) mass is 513 g/mol. The highest BCUT2D eigenvalue weighted by atomic mass is 32.2. The molecule has 4 rings (SSSR count). The summed E-state index contributed by atoms with van der Waals surface area (Å²) < 4.78 is 50.5. The predicted octanol–water partition coefficient (Wildman–Crippen LogP) is 2.16. The van der Waals surface area contributed by atoms with Gasteiger partial charge < -0.3 is 20.3 Å². The average Bonchev–Trinajstić information content (AvgIpc) is 2.78. The highest BCUT2D eigenvalue weighted by Gasteiger charge is 2.37. The number of aromatic nitrogens is 2. The topological polar surface area (TPSA) is 113 Å². The van der Waals surface area contributed by atoms with Gasteiger partial charge in [0, 0.05) is 24.5 Å². The van der Waals surface area contributed by atoms with E-state index in [0.717, 1.165) is 50.9 Å². The van der Waals surface area contributed by atoms with Crippen LogP contribution in [0.3, 0.4) is 0 Å². The van der Waals surface area contributed by atoms with Crippen molar-refractivity contribution in [2.45, 2.75) is 50.0 Å². The van der Waals surface area contributed by atoms with Crippen LogP contribution in [0.4, 0.5) is 19.0 Å². The number of carbonyl (C=O) groups excluding carboxylic acids is 1. The predicted molar refractivity (Wildman–Crippen MR) is 127 cm³/mol. The Labute approximate surface area is 204 Å². The third kappa shape index (κ3) is 6.54. The summed E-state index contributed by atoms with van der Waals surface area (Å²) in [5.41, 5.74) is -0.443. The number of nitrogens with zero attached hydrogens (tertiary/aromatic N) is 3. The van der Waals surface area contributed by atoms with Crippen LogP contribution >= 0.6 is 0 Å². The summed E-state index contributed by atoms with van der Waals surface area (Å²) in [5, 5.41) is 16.2. The van der Waals surface area contributed by atoms with Crippen molar-refractivity contribution < 1.29 is 27.6 Å². The van der Waals surface area contributed by atoms with Crippen LogP contribution in [0, 0.1) is 5.92 Å². The third-order valence-corrected chi connectivity index (χ3v) is 7.67. The number of fused-ring (bicyclic) bond motifs is 1. The molecule has 1 aromatic heterocycles. The van der Waals surface area contributed by atoms with E-state index in [4.69, 9.17) is 0 Å². The minimum atomic E-state index is -4.48. The standard InChI is InChI=1S/C23H30F3N5O3S/c1-35(34)12-20(32)14-2-5-17(6-3-14)31-10-16(11-31)30-21(33)9-27-22-18-8-15(23(24,25)26)4-7-19(18)28-13-29-22/h4,7-8,13-14,16-17,20,32H,2-3,5-6,9-12H2,1H3,(H,30,33)(H,27,28,29)/t14-,17-,20?,35?. The number of anilines is 1. The van der Waals surface area contributed by atoms with Crippen molar-refractivity contribution in [2.24, 2.45) is 5.92 Å². The average molecular weight is 514 g/mol. The van der Waals surface area contributed by atoms with Gasteiger partial charge in [0.05, 0.1) is 29.9 Å². The lowest BCUT2D eigenvalue weighted by molar-refractivity contribution is -0.137. The lowest BCUT2D eigenvalue weighted by atomic mass is 9.81. The number of benzene rings is 1. The second kappa shape index (κ2) is 10.9. The fourth-order valence-electron chi connectivity index (χ4n) is 4.95. The minimum absolute atomic E-state index is 0.0223. The first-order valence-corrected chi connectivity index (χ1v) is 13.4. The van der Waals surface area contributed by atoms with Crippen LogP contribution < -0.4 is 10.6 Å². The Balaban J connectivity index is 1.22. The number of hydrogen-bond acceptors (Lipinski definition) is 7. The molecule has 2 aromatic rings. The first-order valence-electron chi connectivity index (χ1n) is 11.7. The number of hydrogen-bond donors (Lipinski definition) is 3. The molecule has 192 valence electrons. The molecule has 1 aromatic carbocycles. The normalized spacial score (nSPS) is 23.5. The summed E-state index contributed by atoms with van der Waals surface area (Å²) in [7, 11) is 0. The van der Waals surface area contributed by atoms with Gasteiger partial charge in [0.15, 0.2) is 0 Å². The van der Waals surface area contributed by atoms with Crippen LogP contribution in [-0.4, -0.2) is 80.3 Å². The molecule has 8 nitrogen and oxygen atoms in total. The molecule has 3 N–H and O–H groups in total. The summed E-state index contributed by atoms with van der Waals surface area (Å²) >= 11 is -1.000. The molecule has 1 saturated heterocycles. The van der Waals surface area contributed by atoms with Gasteiger partial charge in [-0.15, -0.1) is 0 Å². The van der Waals surface area contributed by atoms with Crippen LogP contribution in [0.25, 0.3) is 10.9 Å². The Morgan fingerprint density at radius 2 is 1.97 bits per heavy atom. The van der Waals surface area contributed by atoms with Gasteiger partial charge in [0.1, 0.15) is 24.0 Å². The second-order valence-electron chi connectivity index (χ2n) is 9.40. The maximum Gasteiger partial charge on any atom is 0.416 e. The van der Waals surface area contributed by atoms with Gasteiger partial charge in [-0.1, -0.05) is 11.2 Å². The van der Waals surface area contributed by atoms with Crippen molar-refractivity contribution >= 4 is 33.8 Å². The largest absolute Gasteiger partial charge is 0.616 e. The number of aliphatic hydroxyl groups is 1. The molecule has 12 heteroatoms. The molecule has 0 spiro atoms. The van der Waals surface area contributed by atoms with E-state index in [2.05, 4.69) is 25.5 Å². The Morgan fingerprint density at radius 3 is 2.63 bits per heavy atom. The van der Waals surface area contributed by atoms with E-state index in [9.17, 15) is 27.6 Å². The molecule has 1 aliphatic heterocycles. The quantitative estimate of drug-likeness (QED) is 0.464. The van der Waals surface area contributed by atoms with E-state index in [1.165, 1.54) is 12.4 Å². The lowest BCUT2D eigenvalue weighted by Gasteiger charge is -2.47. The highest BCUT2D eigenvalue weighted by molar-refractivity contribution is 7.90. The molecule has 2 atom stereocenters. The van der Waals surface area contributed by atoms with Gasteiger partial charge in [-0.3, -0.25) is 9.69 Å². The van der Waals surface area contributed by atoms with E-state index in [1.807, 2.05) is 0 Å². The van der Waals surface area contributed by atoms with Gasteiger partial charge in [-0.25, -0.2) is 9.97 Å². The second-order valence-corrected chi connectivity index (χ2v) is 10.9. The number of carbonyl (C=O) groups is 1. The van der Waals surface area contributed by atoms with Gasteiger partial charge in [-0.2, -0.15) is 13.2 Å². The Morgan fingerprint density at radius 1 is 1.26 bits per heavy atom. The molecule has 1 saturated carbocycles. The van der Waals surface area contributed by atoms with Gasteiger partial charge in [0.25, 0.3) is 0 Å². The fraction of sp³-hybridized carbons (Fsp3) is 0.609. The van der Waals surface area contributed by atoms with Crippen LogP contribution in [0.5, 0.6) is 0 Å². The van der Waals surface area contributed by atoms with Crippen LogP contribution in [0.1, 0.15) is 31.2 Å². The Hall–Kier alpha value is -2.15. The zero-order chi connectivity index (χ0) is 25.2. The number of amides is 1. The molecule has 0 radical (unpaired) electrons. The van der Waals surface area contributed by atoms with Crippen LogP contribution in [0.2, 0.25) is 0 Å². The number of alkyl halides is 3. The molecule has 2 aliphatic rings. The number of nitrogens with one attached hydrogen (secondary N) is 2. The van der Waals surface area contributed by atoms with Crippen molar-refractivity contribution in [3.05, 3.63) is 30.1 Å². The summed E-state index contributed by atoms with van der Waals surface area (Å²) in [6.07, 6.45) is 1.62. The third-order valence-electron chi connectivity index (χ3n) is 6.86. The molecular formula is C23H30F3N5O3S. The maximum absolute atomic E-state index is 13.1. The van der Waals surface area contributed by atoms with E-state index >= 15 is 0 Å². The summed E-state index contributed by atoms with van der Waals surface area (Å²) in [5.74, 6) is 0.448. The Kier molecular flexibility index (Phi) is 8.04. The molecule has 35 heavy (non-hydrogen) atoms. The molecule has 2 fully saturated rings. The fourth-order valence-corrected chi connectivity index (χ4v) is 5.70. The van der Waals surface area contributed by atoms with Crippen molar-refractivity contribution in [2.75, 3.05) is 37.0 Å². The van der Waals surface area contributed by atoms with Gasteiger partial charge in [-0.05, 0) is 49.8 Å². The molecule has 2 unspecified atom stereocenters. The number of likely N-dealkylation sites (tertiary alicyclic amines) is 1. The molecule has 1 amide bonds. The maximum atomic E-state index is 13.1.